The molecule has 0 amide bonds. The normalized spacial score (nSPS) is 15.6. The fourth-order valence-electron chi connectivity index (χ4n) is 4.35. The van der Waals surface area contributed by atoms with Crippen molar-refractivity contribution >= 4 is 22.9 Å². The van der Waals surface area contributed by atoms with Gasteiger partial charge < -0.3 is 4.90 Å². The molecule has 0 atom stereocenters. The van der Waals surface area contributed by atoms with Gasteiger partial charge in [-0.25, -0.2) is 0 Å². The van der Waals surface area contributed by atoms with Crippen LogP contribution in [0.2, 0.25) is 0 Å². The quantitative estimate of drug-likeness (QED) is 0.477. The zero-order chi connectivity index (χ0) is 20.2. The Morgan fingerprint density at radius 1 is 0.862 bits per heavy atom. The van der Waals surface area contributed by atoms with Gasteiger partial charge in [0.05, 0.1) is 10.6 Å². The predicted octanol–water partition coefficient (Wildman–Crippen LogP) is 6.07. The molecule has 0 N–H and O–H groups in total. The van der Waals surface area contributed by atoms with Crippen LogP contribution < -0.4 is 4.90 Å². The summed E-state index contributed by atoms with van der Waals surface area (Å²) in [5.74, 6) is 0. The fraction of sp³-hybridized carbons (Fsp3) is 0.217. The van der Waals surface area contributed by atoms with Crippen LogP contribution in [-0.2, 0) is 19.0 Å². The average molecular weight is 410 g/mol. The fourth-order valence-corrected chi connectivity index (χ4v) is 4.64. The predicted molar refractivity (Wildman–Crippen MR) is 112 cm³/mol. The Kier molecular flexibility index (Phi) is 4.21. The molecule has 1 aromatic heterocycles. The number of thiocarbonyl (C=S) groups is 1. The molecule has 0 fully saturated rings. The maximum atomic E-state index is 13.4. The van der Waals surface area contributed by atoms with Gasteiger partial charge in [0.1, 0.15) is 0 Å². The number of hydrogen-bond acceptors (Lipinski definition) is 2. The highest BCUT2D eigenvalue weighted by Crippen LogP contribution is 2.41. The number of aromatic nitrogens is 1. The van der Waals surface area contributed by atoms with E-state index >= 15 is 0 Å². The third kappa shape index (κ3) is 3.12. The van der Waals surface area contributed by atoms with E-state index in [0.717, 1.165) is 48.0 Å². The smallest absolute Gasteiger partial charge is 0.335 e. The third-order valence-electron chi connectivity index (χ3n) is 5.67. The zero-order valence-electron chi connectivity index (χ0n) is 15.5. The summed E-state index contributed by atoms with van der Waals surface area (Å²) in [6, 6.07) is 11.7. The van der Waals surface area contributed by atoms with Crippen LogP contribution in [0.25, 0.3) is 22.3 Å². The Bertz CT molecular complexity index is 1140. The van der Waals surface area contributed by atoms with Crippen LogP contribution in [-0.4, -0.2) is 16.5 Å². The second-order valence-electron chi connectivity index (χ2n) is 7.44. The van der Waals surface area contributed by atoms with Crippen LogP contribution in [0.3, 0.4) is 0 Å². The largest absolute Gasteiger partial charge is 0.417 e. The van der Waals surface area contributed by atoms with E-state index in [2.05, 4.69) is 22.0 Å². The molecule has 0 radical (unpaired) electrons. The standard InChI is InChI=1S/C23H17F3N2S/c24-23(25,26)20-4-2-1-3-19(20)18-11-17(12-27-13-18)16-9-14-5-6-21(29)28-8-7-15(10-16)22(14)28/h1-4,9-13H,5-8H2. The highest BCUT2D eigenvalue weighted by Gasteiger charge is 2.33. The summed E-state index contributed by atoms with van der Waals surface area (Å²) in [4.78, 5) is 7.47. The van der Waals surface area contributed by atoms with Gasteiger partial charge in [-0.1, -0.05) is 30.4 Å². The highest BCUT2D eigenvalue weighted by molar-refractivity contribution is 7.80. The lowest BCUT2D eigenvalue weighted by molar-refractivity contribution is -0.137. The van der Waals surface area contributed by atoms with E-state index in [1.165, 1.54) is 35.1 Å². The lowest BCUT2D eigenvalue weighted by atomic mass is 9.93. The summed E-state index contributed by atoms with van der Waals surface area (Å²) >= 11 is 5.50. The molecule has 2 aliphatic heterocycles. The molecule has 0 spiro atoms. The SMILES string of the molecule is FC(F)(F)c1ccccc1-c1cncc(-c2cc3c4c(c2)CCN4C(=S)CC3)c1. The second-order valence-corrected chi connectivity index (χ2v) is 7.92. The number of halogens is 3. The molecule has 0 unspecified atom stereocenters. The number of hydrogen-bond donors (Lipinski definition) is 0. The Balaban J connectivity index is 1.60. The van der Waals surface area contributed by atoms with E-state index in [0.29, 0.717) is 5.56 Å². The molecule has 2 aliphatic rings. The first kappa shape index (κ1) is 18.3. The summed E-state index contributed by atoms with van der Waals surface area (Å²) in [7, 11) is 0. The van der Waals surface area contributed by atoms with Gasteiger partial charge in [0, 0.05) is 42.2 Å². The molecule has 2 aromatic carbocycles. The van der Waals surface area contributed by atoms with Crippen LogP contribution in [0.1, 0.15) is 23.1 Å². The van der Waals surface area contributed by atoms with Crippen molar-refractivity contribution in [3.05, 3.63) is 71.5 Å². The first-order chi connectivity index (χ1) is 13.9. The molecule has 29 heavy (non-hydrogen) atoms. The minimum Gasteiger partial charge on any atom is -0.335 e. The van der Waals surface area contributed by atoms with Crippen molar-refractivity contribution in [1.82, 2.24) is 4.98 Å². The van der Waals surface area contributed by atoms with E-state index in [1.54, 1.807) is 18.3 Å². The van der Waals surface area contributed by atoms with Crippen molar-refractivity contribution < 1.29 is 13.2 Å². The Labute approximate surface area is 172 Å². The zero-order valence-corrected chi connectivity index (χ0v) is 16.3. The van der Waals surface area contributed by atoms with Crippen LogP contribution in [0.4, 0.5) is 18.9 Å². The highest BCUT2D eigenvalue weighted by atomic mass is 32.1. The Hall–Kier alpha value is -2.73. The van der Waals surface area contributed by atoms with Gasteiger partial charge in [-0.15, -0.1) is 0 Å². The lowest BCUT2D eigenvalue weighted by Crippen LogP contribution is -2.31. The van der Waals surface area contributed by atoms with E-state index in [4.69, 9.17) is 12.2 Å². The minimum absolute atomic E-state index is 0.147. The van der Waals surface area contributed by atoms with Crippen LogP contribution in [0.15, 0.2) is 54.9 Å². The summed E-state index contributed by atoms with van der Waals surface area (Å²) in [6.07, 6.45) is 1.49. The summed E-state index contributed by atoms with van der Waals surface area (Å²) in [5, 5.41) is 0. The second kappa shape index (κ2) is 6.66. The molecule has 3 aromatic rings. The van der Waals surface area contributed by atoms with E-state index in [-0.39, 0.29) is 5.56 Å². The first-order valence-electron chi connectivity index (χ1n) is 9.50. The molecule has 2 nitrogen and oxygen atoms in total. The van der Waals surface area contributed by atoms with Crippen molar-refractivity contribution in [2.24, 2.45) is 0 Å². The van der Waals surface area contributed by atoms with Crippen LogP contribution in [0.5, 0.6) is 0 Å². The number of rotatable bonds is 2. The van der Waals surface area contributed by atoms with Crippen molar-refractivity contribution in [3.63, 3.8) is 0 Å². The van der Waals surface area contributed by atoms with Crippen molar-refractivity contribution in [2.75, 3.05) is 11.4 Å². The Morgan fingerprint density at radius 2 is 1.59 bits per heavy atom. The monoisotopic (exact) mass is 410 g/mol. The number of nitrogens with zero attached hydrogens (tertiary/aromatic N) is 2. The molecule has 5 rings (SSSR count). The number of anilines is 1. The molecular formula is C23H17F3N2S. The van der Waals surface area contributed by atoms with Crippen LogP contribution >= 0.6 is 12.2 Å². The number of aryl methyl sites for hydroxylation is 1. The van der Waals surface area contributed by atoms with Gasteiger partial charge in [0.25, 0.3) is 0 Å². The summed E-state index contributed by atoms with van der Waals surface area (Å²) in [6.45, 7) is 0.905. The van der Waals surface area contributed by atoms with Crippen LogP contribution in [0, 0.1) is 0 Å². The topological polar surface area (TPSA) is 16.1 Å². The molecule has 0 saturated carbocycles. The van der Waals surface area contributed by atoms with Gasteiger partial charge in [0.2, 0.25) is 0 Å². The maximum absolute atomic E-state index is 13.4. The van der Waals surface area contributed by atoms with Gasteiger partial charge in [0.15, 0.2) is 0 Å². The maximum Gasteiger partial charge on any atom is 0.417 e. The number of pyridine rings is 1. The lowest BCUT2D eigenvalue weighted by Gasteiger charge is -2.28. The number of alkyl halides is 3. The average Bonchev–Trinajstić information content (AvgIpc) is 3.16. The third-order valence-corrected chi connectivity index (χ3v) is 6.09. The molecule has 0 saturated heterocycles. The van der Waals surface area contributed by atoms with Gasteiger partial charge >= 0.3 is 6.18 Å². The van der Waals surface area contributed by atoms with Crippen molar-refractivity contribution in [1.29, 1.82) is 0 Å². The van der Waals surface area contributed by atoms with Gasteiger partial charge in [-0.05, 0) is 59.4 Å². The van der Waals surface area contributed by atoms with Gasteiger partial charge in [-0.3, -0.25) is 4.98 Å². The number of benzene rings is 2. The molecule has 0 bridgehead atoms. The first-order valence-corrected chi connectivity index (χ1v) is 9.91. The van der Waals surface area contributed by atoms with Crippen molar-refractivity contribution in [3.8, 4) is 22.3 Å². The van der Waals surface area contributed by atoms with Gasteiger partial charge in [-0.2, -0.15) is 13.2 Å². The molecule has 146 valence electrons. The van der Waals surface area contributed by atoms with Crippen molar-refractivity contribution in [2.45, 2.75) is 25.4 Å². The molecular weight excluding hydrogens is 393 g/mol. The summed E-state index contributed by atoms with van der Waals surface area (Å²) < 4.78 is 40.3. The molecule has 0 aliphatic carbocycles. The molecule has 6 heteroatoms. The Morgan fingerprint density at radius 3 is 2.38 bits per heavy atom. The van der Waals surface area contributed by atoms with E-state index in [9.17, 15) is 13.2 Å². The minimum atomic E-state index is -4.41. The van der Waals surface area contributed by atoms with E-state index < -0.39 is 11.7 Å². The molecule has 3 heterocycles. The summed E-state index contributed by atoms with van der Waals surface area (Å²) in [5.41, 5.74) is 5.52. The van der Waals surface area contributed by atoms with E-state index in [1.807, 2.05) is 0 Å².